The number of halogens is 3. The summed E-state index contributed by atoms with van der Waals surface area (Å²) < 4.78 is 42.8. The molecule has 9 nitrogen and oxygen atoms in total. The molecule has 1 aliphatic carbocycles. The first-order chi connectivity index (χ1) is 17.4. The molecular weight excluding hydrogens is 487 g/mol. The fraction of sp³-hybridized carbons (Fsp3) is 0.480. The number of hydrogen-bond acceptors (Lipinski definition) is 8. The highest BCUT2D eigenvalue weighted by Crippen LogP contribution is 2.57. The number of anilines is 3. The molecule has 1 amide bonds. The van der Waals surface area contributed by atoms with E-state index in [9.17, 15) is 23.1 Å². The van der Waals surface area contributed by atoms with Crippen LogP contribution in [0.2, 0.25) is 0 Å². The number of nitrogens with zero attached hydrogens (tertiary/aromatic N) is 5. The molecule has 0 bridgehead atoms. The van der Waals surface area contributed by atoms with Crippen molar-refractivity contribution in [3.8, 4) is 0 Å². The fourth-order valence-corrected chi connectivity index (χ4v) is 4.89. The lowest BCUT2D eigenvalue weighted by Gasteiger charge is -2.38. The normalized spacial score (nSPS) is 24.9. The summed E-state index contributed by atoms with van der Waals surface area (Å²) in [5.74, 6) is -3.88. The van der Waals surface area contributed by atoms with Crippen molar-refractivity contribution in [3.63, 3.8) is 0 Å². The van der Waals surface area contributed by atoms with Crippen molar-refractivity contribution in [1.29, 1.82) is 0 Å². The Balaban J connectivity index is 1.52. The summed E-state index contributed by atoms with van der Waals surface area (Å²) in [4.78, 5) is 31.2. The summed E-state index contributed by atoms with van der Waals surface area (Å²) in [5.41, 5.74) is 4.46. The highest BCUT2D eigenvalue weighted by molar-refractivity contribution is 6.06. The minimum Gasteiger partial charge on any atom is -0.390 e. The van der Waals surface area contributed by atoms with Crippen LogP contribution in [0.25, 0.3) is 10.8 Å². The van der Waals surface area contributed by atoms with Gasteiger partial charge in [0.15, 0.2) is 5.67 Å². The molecule has 1 aliphatic heterocycles. The minimum absolute atomic E-state index is 0.0545. The molecule has 1 saturated carbocycles. The number of amides is 1. The third-order valence-corrected chi connectivity index (χ3v) is 6.97. The van der Waals surface area contributed by atoms with E-state index in [1.54, 1.807) is 17.0 Å². The largest absolute Gasteiger partial charge is 0.390 e. The van der Waals surface area contributed by atoms with Gasteiger partial charge in [0.1, 0.15) is 17.3 Å². The van der Waals surface area contributed by atoms with Gasteiger partial charge in [0.25, 0.3) is 11.8 Å². The SMILES string of the molecule is CC(C)c1c([C@@H]2CC2(F)F)nc(C(N)=O)c2cnc(Nc3ccnc(N4CC[C@@H](O)[C@@](C)(F)C4)n3)cc12. The van der Waals surface area contributed by atoms with Gasteiger partial charge in [0.05, 0.1) is 24.3 Å². The van der Waals surface area contributed by atoms with Gasteiger partial charge in [-0.3, -0.25) is 4.79 Å². The zero-order valence-electron chi connectivity index (χ0n) is 20.7. The molecule has 12 heteroatoms. The van der Waals surface area contributed by atoms with Crippen LogP contribution < -0.4 is 16.0 Å². The molecule has 0 spiro atoms. The number of primary amides is 1. The van der Waals surface area contributed by atoms with Gasteiger partial charge in [-0.25, -0.2) is 28.1 Å². The van der Waals surface area contributed by atoms with E-state index < -0.39 is 29.5 Å². The van der Waals surface area contributed by atoms with E-state index in [1.807, 2.05) is 13.8 Å². The minimum atomic E-state index is -2.87. The molecule has 3 aromatic heterocycles. The smallest absolute Gasteiger partial charge is 0.268 e. The molecule has 2 fully saturated rings. The van der Waals surface area contributed by atoms with Gasteiger partial charge in [-0.1, -0.05) is 13.8 Å². The van der Waals surface area contributed by atoms with E-state index in [4.69, 9.17) is 5.73 Å². The number of nitrogens with one attached hydrogen (secondary N) is 1. The number of aromatic nitrogens is 4. The lowest BCUT2D eigenvalue weighted by molar-refractivity contribution is -0.00860. The van der Waals surface area contributed by atoms with Crippen LogP contribution in [0.1, 0.15) is 67.2 Å². The van der Waals surface area contributed by atoms with Crippen LogP contribution in [0.15, 0.2) is 24.5 Å². The second kappa shape index (κ2) is 8.79. The van der Waals surface area contributed by atoms with Crippen LogP contribution in [0.3, 0.4) is 0 Å². The predicted octanol–water partition coefficient (Wildman–Crippen LogP) is 3.81. The number of pyridine rings is 2. The van der Waals surface area contributed by atoms with Crippen LogP contribution in [0.5, 0.6) is 0 Å². The lowest BCUT2D eigenvalue weighted by atomic mass is 9.92. The quantitative estimate of drug-likeness (QED) is 0.452. The van der Waals surface area contributed by atoms with E-state index in [-0.39, 0.29) is 36.7 Å². The van der Waals surface area contributed by atoms with Gasteiger partial charge >= 0.3 is 0 Å². The summed E-state index contributed by atoms with van der Waals surface area (Å²) >= 11 is 0. The van der Waals surface area contributed by atoms with Gasteiger partial charge in [-0.15, -0.1) is 0 Å². The van der Waals surface area contributed by atoms with Gasteiger partial charge in [0, 0.05) is 30.7 Å². The Hall–Kier alpha value is -3.54. The second-order valence-corrected chi connectivity index (χ2v) is 10.3. The molecule has 3 aromatic rings. The van der Waals surface area contributed by atoms with E-state index in [0.717, 1.165) is 0 Å². The summed E-state index contributed by atoms with van der Waals surface area (Å²) in [6.45, 7) is 5.44. The summed E-state index contributed by atoms with van der Waals surface area (Å²) in [6, 6.07) is 3.28. The molecule has 1 saturated heterocycles. The number of rotatable bonds is 6. The maximum absolute atomic E-state index is 14.7. The Bertz CT molecular complexity index is 1380. The third kappa shape index (κ3) is 4.65. The van der Waals surface area contributed by atoms with E-state index in [2.05, 4.69) is 25.3 Å². The summed E-state index contributed by atoms with van der Waals surface area (Å²) in [7, 11) is 0. The molecule has 0 aromatic carbocycles. The third-order valence-electron chi connectivity index (χ3n) is 6.97. The van der Waals surface area contributed by atoms with Crippen LogP contribution >= 0.6 is 0 Å². The molecule has 4 N–H and O–H groups in total. The van der Waals surface area contributed by atoms with Crippen molar-refractivity contribution in [1.82, 2.24) is 19.9 Å². The Morgan fingerprint density at radius 1 is 1.22 bits per heavy atom. The second-order valence-electron chi connectivity index (χ2n) is 10.3. The standard InChI is InChI=1S/C25H28F3N7O2/c1-12(2)19-13-8-18(31-10-14(13)20(22(29)37)34-21(19)15-9-25(15,27)28)32-17-4-6-30-23(33-17)35-7-5-16(36)24(3,26)11-35/h4,6,8,10,12,15-16,36H,5,7,9,11H2,1-3H3,(H2,29,37)(H,30,31,32,33)/t15-,16+,24-/m0/s1. The van der Waals surface area contributed by atoms with Gasteiger partial charge < -0.3 is 21.1 Å². The molecule has 4 heterocycles. The number of carbonyl (C=O) groups is 1. The number of aliphatic hydroxyl groups excluding tert-OH is 1. The van der Waals surface area contributed by atoms with Crippen LogP contribution in [0, 0.1) is 0 Å². The van der Waals surface area contributed by atoms with Gasteiger partial charge in [0.2, 0.25) is 5.95 Å². The lowest BCUT2D eigenvalue weighted by Crippen LogP contribution is -2.52. The number of piperidine rings is 1. The highest BCUT2D eigenvalue weighted by atomic mass is 19.3. The first-order valence-electron chi connectivity index (χ1n) is 12.1. The number of fused-ring (bicyclic) bond motifs is 1. The molecule has 0 unspecified atom stereocenters. The average molecular weight is 516 g/mol. The molecule has 37 heavy (non-hydrogen) atoms. The van der Waals surface area contributed by atoms with Crippen molar-refractivity contribution in [2.75, 3.05) is 23.3 Å². The zero-order valence-corrected chi connectivity index (χ0v) is 20.7. The number of nitrogens with two attached hydrogens (primary N) is 1. The Morgan fingerprint density at radius 2 is 1.95 bits per heavy atom. The van der Waals surface area contributed by atoms with Crippen molar-refractivity contribution in [2.24, 2.45) is 5.73 Å². The zero-order chi connectivity index (χ0) is 26.7. The van der Waals surface area contributed by atoms with E-state index in [1.165, 1.54) is 19.3 Å². The summed E-state index contributed by atoms with van der Waals surface area (Å²) in [5, 5.41) is 13.9. The highest BCUT2D eigenvalue weighted by Gasteiger charge is 2.59. The van der Waals surface area contributed by atoms with E-state index in [0.29, 0.717) is 40.5 Å². The number of aliphatic hydroxyl groups is 1. The van der Waals surface area contributed by atoms with Crippen LogP contribution in [-0.2, 0) is 0 Å². The Labute approximate surface area is 211 Å². The monoisotopic (exact) mass is 515 g/mol. The fourth-order valence-electron chi connectivity index (χ4n) is 4.89. The molecule has 5 rings (SSSR count). The maximum Gasteiger partial charge on any atom is 0.268 e. The Morgan fingerprint density at radius 3 is 2.57 bits per heavy atom. The van der Waals surface area contributed by atoms with E-state index >= 15 is 0 Å². The molecule has 3 atom stereocenters. The van der Waals surface area contributed by atoms with Crippen molar-refractivity contribution in [3.05, 3.63) is 41.5 Å². The van der Waals surface area contributed by atoms with Crippen LogP contribution in [-0.4, -0.2) is 61.7 Å². The summed E-state index contributed by atoms with van der Waals surface area (Å²) in [6.07, 6.45) is 1.83. The van der Waals surface area contributed by atoms with Gasteiger partial charge in [-0.2, -0.15) is 4.98 Å². The molecular formula is C25H28F3N7O2. The van der Waals surface area contributed by atoms with Crippen molar-refractivity contribution >= 4 is 34.3 Å². The number of alkyl halides is 3. The molecule has 2 aliphatic rings. The molecule has 0 radical (unpaired) electrons. The predicted molar refractivity (Wildman–Crippen MR) is 132 cm³/mol. The first-order valence-corrected chi connectivity index (χ1v) is 12.1. The topological polar surface area (TPSA) is 130 Å². The average Bonchev–Trinajstić information content (AvgIpc) is 3.47. The maximum atomic E-state index is 14.7. The number of hydrogen-bond donors (Lipinski definition) is 3. The van der Waals surface area contributed by atoms with Crippen LogP contribution in [0.4, 0.5) is 30.8 Å². The number of carbonyl (C=O) groups excluding carboxylic acids is 1. The molecule has 196 valence electrons. The van der Waals surface area contributed by atoms with Crippen molar-refractivity contribution < 1.29 is 23.1 Å². The van der Waals surface area contributed by atoms with Gasteiger partial charge in [-0.05, 0) is 42.3 Å². The first kappa shape index (κ1) is 25.1. The van der Waals surface area contributed by atoms with Crippen molar-refractivity contribution in [2.45, 2.75) is 63.1 Å². The Kier molecular flexibility index (Phi) is 5.97.